The third-order valence-corrected chi connectivity index (χ3v) is 23.7. The van der Waals surface area contributed by atoms with E-state index in [1.54, 1.807) is 24.3 Å². The number of hydroxylamine groups is 2. The minimum Gasteiger partial charge on any atom is -0.478 e. The number of fused-ring (bicyclic) bond motifs is 8. The van der Waals surface area contributed by atoms with Gasteiger partial charge >= 0.3 is 42.3 Å². The van der Waals surface area contributed by atoms with Crippen molar-refractivity contribution in [3.05, 3.63) is 119 Å². The van der Waals surface area contributed by atoms with E-state index < -0.39 is 41.0 Å². The summed E-state index contributed by atoms with van der Waals surface area (Å²) in [4.78, 5) is 172. The quantitative estimate of drug-likeness (QED) is 0.0118. The summed E-state index contributed by atoms with van der Waals surface area (Å²) in [6.45, 7) is 44.4. The van der Waals surface area contributed by atoms with Crippen LogP contribution < -0.4 is 43.4 Å². The molecule has 10 aliphatic rings. The molecule has 7 amide bonds. The summed E-state index contributed by atoms with van der Waals surface area (Å²) < 4.78 is 15.7. The number of amides is 7. The smallest absolute Gasteiger partial charge is 0.407 e. The number of benzene rings is 2. The van der Waals surface area contributed by atoms with Crippen molar-refractivity contribution in [3.63, 3.8) is 0 Å². The molecule has 8 bridgehead atoms. The number of allylic oxidation sites excluding steroid dienone is 8. The maximum absolute atomic E-state index is 12.4. The van der Waals surface area contributed by atoms with Crippen LogP contribution in [0.5, 0.6) is 0 Å². The van der Waals surface area contributed by atoms with Crippen LogP contribution in [0, 0.1) is 81.8 Å². The van der Waals surface area contributed by atoms with Gasteiger partial charge in [0.05, 0.1) is 18.0 Å². The predicted molar refractivity (Wildman–Crippen MR) is 503 cm³/mol. The van der Waals surface area contributed by atoms with Crippen LogP contribution >= 0.6 is 31.9 Å². The second-order valence-electron chi connectivity index (χ2n) is 39.8. The first-order valence-corrected chi connectivity index (χ1v) is 48.0. The number of halogens is 2. The molecule has 12 rings (SSSR count). The molecule has 4 saturated carbocycles. The number of carbonyl (C=O) groups excluding carboxylic acids is 14. The number of nitrogens with two attached hydrogens (primary N) is 2. The van der Waals surface area contributed by atoms with Crippen LogP contribution in [0.1, 0.15) is 213 Å². The lowest BCUT2D eigenvalue weighted by atomic mass is 9.93. The molecule has 2 aromatic rings. The number of nitrogens with one attached hydrogen (secondary N) is 6. The highest BCUT2D eigenvalue weighted by Gasteiger charge is 2.45. The number of rotatable bonds is 24. The number of alkyl halides is 2. The van der Waals surface area contributed by atoms with Crippen molar-refractivity contribution in [3.8, 4) is 0 Å². The number of alkyl carbamates (subject to hydrolysis) is 1. The van der Waals surface area contributed by atoms with Gasteiger partial charge in [0.2, 0.25) is 17.7 Å². The molecule has 2 aliphatic heterocycles. The number of imide groups is 1. The number of hydrogen-bond acceptors (Lipinski definition) is 25. The monoisotopic (exact) mass is 1960 g/mol. The SMILES string of the molecule is CC(C)(C)CN1CCNCCN(CC(=O)OC(C)(C)C)CCN(CC(C)(C)C)CC1.CC(C)(C)OC(=O)CCCN.CC(C)(C)OC(=O)NCCNC(=O)C1CC2C=CC1C2.NCCNC(=O)C1CC2C=CC1C2.O=C(NCCNC(=O)C1CC2C=CC1C2)c1ccc(CBr)cc1.O=C(O)c1ccc(CBr)cc1.O=C(ON1C(=O)CCC1=O)C1CC2C=CC1C2.O=C=O.O=C=O. The molecule has 12 atom stereocenters. The summed E-state index contributed by atoms with van der Waals surface area (Å²) in [5.41, 5.74) is 13.0. The Hall–Kier alpha value is -8.95. The van der Waals surface area contributed by atoms with Gasteiger partial charge in [-0.2, -0.15) is 19.2 Å². The number of esters is 2. The summed E-state index contributed by atoms with van der Waals surface area (Å²) in [5, 5.41) is 28.4. The molecular formula is C97H148Br2N12O20. The first-order valence-electron chi connectivity index (χ1n) is 45.8. The van der Waals surface area contributed by atoms with Crippen LogP contribution in [0.15, 0.2) is 97.1 Å². The van der Waals surface area contributed by atoms with Gasteiger partial charge in [-0.1, -0.05) is 146 Å². The van der Waals surface area contributed by atoms with E-state index in [1.165, 1.54) is 6.42 Å². The fraction of sp³-hybridized carbons (Fsp3) is 0.660. The van der Waals surface area contributed by atoms with Crippen molar-refractivity contribution >= 4 is 110 Å². The lowest BCUT2D eigenvalue weighted by molar-refractivity contribution is -0.201. The third-order valence-electron chi connectivity index (χ3n) is 22.4. The van der Waals surface area contributed by atoms with E-state index >= 15 is 0 Å². The first-order chi connectivity index (χ1) is 61.6. The zero-order valence-electron chi connectivity index (χ0n) is 79.7. The molecule has 6 fully saturated rings. The van der Waals surface area contributed by atoms with Crippen molar-refractivity contribution in [2.75, 3.05) is 118 Å². The van der Waals surface area contributed by atoms with Crippen LogP contribution in [0.2, 0.25) is 0 Å². The van der Waals surface area contributed by atoms with Crippen molar-refractivity contribution in [1.82, 2.24) is 51.7 Å². The Kier molecular flexibility index (Phi) is 50.3. The number of ether oxygens (including phenoxy) is 3. The number of carboxylic acid groups (broad SMARTS) is 1. The second-order valence-corrected chi connectivity index (χ2v) is 40.9. The summed E-state index contributed by atoms with van der Waals surface area (Å²) in [5.74, 6) is 2.02. The lowest BCUT2D eigenvalue weighted by Crippen LogP contribution is -2.48. The summed E-state index contributed by atoms with van der Waals surface area (Å²) in [6, 6.07) is 14.2. The lowest BCUT2D eigenvalue weighted by Gasteiger charge is -2.36. The molecule has 730 valence electrons. The second kappa shape index (κ2) is 57.6. The van der Waals surface area contributed by atoms with Crippen LogP contribution in [0.4, 0.5) is 4.79 Å². The van der Waals surface area contributed by atoms with Gasteiger partial charge in [-0.25, -0.2) is 14.4 Å². The van der Waals surface area contributed by atoms with Gasteiger partial charge in [0.1, 0.15) is 16.8 Å². The van der Waals surface area contributed by atoms with Gasteiger partial charge in [0, 0.05) is 158 Å². The number of hydrogen-bond donors (Lipinski definition) is 9. The van der Waals surface area contributed by atoms with Crippen LogP contribution in [0.25, 0.3) is 0 Å². The molecule has 2 heterocycles. The first kappa shape index (κ1) is 114. The molecule has 32 nitrogen and oxygen atoms in total. The highest BCUT2D eigenvalue weighted by atomic mass is 79.9. The zero-order chi connectivity index (χ0) is 97.8. The Balaban J connectivity index is 0.000000324. The molecule has 12 unspecified atom stereocenters. The van der Waals surface area contributed by atoms with Crippen molar-refractivity contribution < 1.29 is 96.1 Å². The minimum absolute atomic E-state index is 0.104. The van der Waals surface area contributed by atoms with E-state index in [-0.39, 0.29) is 101 Å². The summed E-state index contributed by atoms with van der Waals surface area (Å²) in [6.07, 6.45) is 27.0. The Labute approximate surface area is 791 Å². The van der Waals surface area contributed by atoms with Crippen LogP contribution in [0.3, 0.4) is 0 Å². The Morgan fingerprint density at radius 3 is 1.15 bits per heavy atom. The topological polar surface area (TPSA) is 450 Å². The highest BCUT2D eigenvalue weighted by Crippen LogP contribution is 2.47. The standard InChI is InChI=1S/C24H50N4O2.C18H21BrN2O2.C15H24N2O3.C12H13NO4.C10H16N2O.C8H7BrO2.C8H17NO2.2CO2/c1-22(2,3)19-27-13-11-25-10-12-26(18-21(29)30-24(7,8)9)14-15-28(17-16-27)20-23(4,5)6;19-11-12-1-4-14(5-2-12)17(22)20-7-8-21-18(23)16-10-13-3-6-15(16)9-13;1-15(2,3)20-14(19)17-7-6-16-13(18)12-9-10-4-5-11(12)8-10;14-10-3-4-11(15)13(10)17-12(16)9-6-7-1-2-8(9)5-7;11-3-4-12-10(13)9-6-7-1-2-8(9)5-7;9-5-6-1-3-7(4-2-6)8(10)11;1-8(2,3)11-7(10)5-4-6-9;2*2-1-3/h25H,10-20H2,1-9H3;1-6,13,15-16H,7-11H2,(H,20,22)(H,21,23);4-5,10-12H,6-9H2,1-3H3,(H,16,18)(H,17,19);1-2,7-9H,3-6H2;1-2,7-9H,3-6,11H2,(H,12,13);1-4H,5H2,(H,10,11);4-6,9H2,1-3H3;;. The van der Waals surface area contributed by atoms with E-state index in [0.717, 1.165) is 132 Å². The van der Waals surface area contributed by atoms with E-state index in [4.69, 9.17) is 54.8 Å². The predicted octanol–water partition coefficient (Wildman–Crippen LogP) is 10.7. The number of aromatic carboxylic acids is 1. The molecule has 34 heteroatoms. The molecule has 0 radical (unpaired) electrons. The van der Waals surface area contributed by atoms with Gasteiger partial charge in [-0.15, -0.1) is 5.06 Å². The van der Waals surface area contributed by atoms with Gasteiger partial charge in [0.15, 0.2) is 0 Å². The Morgan fingerprint density at radius 1 is 0.443 bits per heavy atom. The minimum atomic E-state index is -0.883. The normalized spacial score (nSPS) is 23.1. The fourth-order valence-electron chi connectivity index (χ4n) is 16.8. The fourth-order valence-corrected chi connectivity index (χ4v) is 17.6. The molecule has 11 N–H and O–H groups in total. The molecule has 2 aromatic carbocycles. The summed E-state index contributed by atoms with van der Waals surface area (Å²) >= 11 is 6.65. The number of carboxylic acids is 1. The van der Waals surface area contributed by atoms with Gasteiger partial charge in [-0.05, 0) is 220 Å². The Bertz CT molecular complexity index is 4130. The molecule has 0 aromatic heterocycles. The maximum Gasteiger partial charge on any atom is 0.407 e. The van der Waals surface area contributed by atoms with Crippen LogP contribution in [-0.4, -0.2) is 237 Å². The number of carbonyl (C=O) groups is 11. The average Bonchev–Trinajstić information content (AvgIpc) is 1.69. The van der Waals surface area contributed by atoms with Crippen molar-refractivity contribution in [1.29, 1.82) is 0 Å². The molecule has 131 heavy (non-hydrogen) atoms. The van der Waals surface area contributed by atoms with E-state index in [0.29, 0.717) is 128 Å². The van der Waals surface area contributed by atoms with E-state index in [9.17, 15) is 52.7 Å². The summed E-state index contributed by atoms with van der Waals surface area (Å²) in [7, 11) is 0. The molecule has 8 aliphatic carbocycles. The van der Waals surface area contributed by atoms with Gasteiger partial charge < -0.3 is 77.3 Å². The maximum atomic E-state index is 12.4. The van der Waals surface area contributed by atoms with Gasteiger partial charge in [0.25, 0.3) is 17.7 Å². The largest absolute Gasteiger partial charge is 0.478 e. The van der Waals surface area contributed by atoms with Crippen molar-refractivity contribution in [2.24, 2.45) is 93.3 Å². The average molecular weight is 1960 g/mol. The van der Waals surface area contributed by atoms with Gasteiger partial charge in [-0.3, -0.25) is 43.3 Å². The highest BCUT2D eigenvalue weighted by molar-refractivity contribution is 9.08. The zero-order valence-corrected chi connectivity index (χ0v) is 82.9. The van der Waals surface area contributed by atoms with Crippen LogP contribution in [-0.2, 0) is 87.2 Å². The molecule has 2 saturated heterocycles. The third kappa shape index (κ3) is 46.0. The Morgan fingerprint density at radius 2 is 0.794 bits per heavy atom. The number of nitrogens with zero attached hydrogens (tertiary/aromatic N) is 4. The van der Waals surface area contributed by atoms with Crippen molar-refractivity contribution in [2.45, 2.75) is 208 Å². The molecule has 0 spiro atoms. The van der Waals surface area contributed by atoms with E-state index in [2.05, 4.69) is 163 Å². The molecular weight excluding hydrogens is 1810 g/mol. The van der Waals surface area contributed by atoms with E-state index in [1.807, 2.05) is 92.7 Å².